The molecule has 2 aromatic heterocycles. The van der Waals surface area contributed by atoms with Crippen molar-refractivity contribution in [1.29, 1.82) is 0 Å². The molecule has 1 fully saturated rings. The van der Waals surface area contributed by atoms with Crippen molar-refractivity contribution in [3.8, 4) is 16.9 Å². The van der Waals surface area contributed by atoms with Crippen molar-refractivity contribution in [2.45, 2.75) is 12.5 Å². The smallest absolute Gasteiger partial charge is 0.151 e. The Morgan fingerprint density at radius 1 is 1.20 bits per heavy atom. The third-order valence-electron chi connectivity index (χ3n) is 3.32. The molecule has 1 saturated heterocycles. The molecule has 0 radical (unpaired) electrons. The lowest BCUT2D eigenvalue weighted by molar-refractivity contribution is 0.112. The second-order valence-electron chi connectivity index (χ2n) is 4.78. The van der Waals surface area contributed by atoms with Gasteiger partial charge in [0.2, 0.25) is 0 Å². The van der Waals surface area contributed by atoms with E-state index >= 15 is 0 Å². The number of carbonyl (C=O) groups excluding carboxylic acids is 1. The molecule has 0 aliphatic carbocycles. The Balaban J connectivity index is 1.76. The van der Waals surface area contributed by atoms with Crippen LogP contribution in [0.3, 0.4) is 0 Å². The first kappa shape index (κ1) is 12.7. The summed E-state index contributed by atoms with van der Waals surface area (Å²) in [4.78, 5) is 19.0. The number of pyridine rings is 2. The second-order valence-corrected chi connectivity index (χ2v) is 4.78. The highest BCUT2D eigenvalue weighted by Gasteiger charge is 2.16. The number of aromatic nitrogens is 2. The average molecular weight is 269 g/mol. The summed E-state index contributed by atoms with van der Waals surface area (Å²) in [5.74, 6) is 0.729. The van der Waals surface area contributed by atoms with Gasteiger partial charge in [0.05, 0.1) is 6.20 Å². The van der Waals surface area contributed by atoms with Crippen LogP contribution in [-0.4, -0.2) is 35.4 Å². The minimum absolute atomic E-state index is 0.443. The van der Waals surface area contributed by atoms with Gasteiger partial charge in [-0.1, -0.05) is 0 Å². The van der Waals surface area contributed by atoms with Crippen LogP contribution in [0.2, 0.25) is 0 Å². The summed E-state index contributed by atoms with van der Waals surface area (Å²) in [5.41, 5.74) is 2.29. The quantitative estimate of drug-likeness (QED) is 0.837. The molecular weight excluding hydrogens is 254 g/mol. The number of rotatable bonds is 5. The number of ether oxygens (including phenoxy) is 1. The van der Waals surface area contributed by atoms with Crippen molar-refractivity contribution < 1.29 is 9.53 Å². The van der Waals surface area contributed by atoms with E-state index in [0.717, 1.165) is 36.1 Å². The molecule has 0 aromatic carbocycles. The SMILES string of the molecule is O=Cc1cncc(-c2cncc(OCC3CCN3)c2)c1. The standard InChI is InChI=1S/C15H15N3O2/c19-9-11-3-12(6-16-5-11)13-4-15(8-17-7-13)20-10-14-1-2-18-14/h3-9,14,18H,1-2,10H2. The maximum absolute atomic E-state index is 10.8. The normalized spacial score (nSPS) is 17.3. The molecule has 0 amide bonds. The Labute approximate surface area is 117 Å². The van der Waals surface area contributed by atoms with Gasteiger partial charge >= 0.3 is 0 Å². The Kier molecular flexibility index (Phi) is 3.69. The molecule has 1 aliphatic heterocycles. The molecule has 1 unspecified atom stereocenters. The predicted octanol–water partition coefficient (Wildman–Crippen LogP) is 1.70. The third kappa shape index (κ3) is 2.83. The van der Waals surface area contributed by atoms with Crippen LogP contribution in [0, 0.1) is 0 Å². The van der Waals surface area contributed by atoms with E-state index in [9.17, 15) is 4.79 Å². The highest BCUT2D eigenvalue weighted by molar-refractivity contribution is 5.77. The van der Waals surface area contributed by atoms with Gasteiger partial charge in [0, 0.05) is 41.3 Å². The van der Waals surface area contributed by atoms with Crippen molar-refractivity contribution in [2.75, 3.05) is 13.2 Å². The van der Waals surface area contributed by atoms with E-state index < -0.39 is 0 Å². The molecule has 0 saturated carbocycles. The first-order valence-electron chi connectivity index (χ1n) is 6.57. The Hall–Kier alpha value is -2.27. The zero-order valence-corrected chi connectivity index (χ0v) is 11.0. The number of nitrogens with zero attached hydrogens (tertiary/aromatic N) is 2. The summed E-state index contributed by atoms with van der Waals surface area (Å²) in [6.07, 6.45) is 8.61. The molecule has 1 aliphatic rings. The molecule has 20 heavy (non-hydrogen) atoms. The first-order valence-corrected chi connectivity index (χ1v) is 6.57. The molecular formula is C15H15N3O2. The van der Waals surface area contributed by atoms with Gasteiger partial charge in [-0.3, -0.25) is 14.8 Å². The van der Waals surface area contributed by atoms with Gasteiger partial charge in [-0.05, 0) is 25.1 Å². The van der Waals surface area contributed by atoms with Gasteiger partial charge in [0.1, 0.15) is 12.4 Å². The summed E-state index contributed by atoms with van der Waals surface area (Å²) in [7, 11) is 0. The number of nitrogens with one attached hydrogen (secondary N) is 1. The number of carbonyl (C=O) groups is 1. The van der Waals surface area contributed by atoms with E-state index in [1.807, 2.05) is 6.07 Å². The lowest BCUT2D eigenvalue weighted by Gasteiger charge is -2.27. The van der Waals surface area contributed by atoms with Crippen LogP contribution >= 0.6 is 0 Å². The molecule has 0 spiro atoms. The van der Waals surface area contributed by atoms with Gasteiger partial charge in [-0.25, -0.2) is 0 Å². The van der Waals surface area contributed by atoms with Crippen molar-refractivity contribution in [2.24, 2.45) is 0 Å². The maximum atomic E-state index is 10.8. The Morgan fingerprint density at radius 2 is 1.95 bits per heavy atom. The monoisotopic (exact) mass is 269 g/mol. The fourth-order valence-electron chi connectivity index (χ4n) is 2.02. The van der Waals surface area contributed by atoms with Crippen LogP contribution in [0.15, 0.2) is 36.9 Å². The minimum atomic E-state index is 0.443. The molecule has 1 atom stereocenters. The summed E-state index contributed by atoms with van der Waals surface area (Å²) >= 11 is 0. The minimum Gasteiger partial charge on any atom is -0.490 e. The van der Waals surface area contributed by atoms with Crippen molar-refractivity contribution in [3.05, 3.63) is 42.5 Å². The number of aldehydes is 1. The van der Waals surface area contributed by atoms with E-state index in [1.165, 1.54) is 6.20 Å². The fraction of sp³-hybridized carbons (Fsp3) is 0.267. The highest BCUT2D eigenvalue weighted by atomic mass is 16.5. The summed E-state index contributed by atoms with van der Waals surface area (Å²) in [6, 6.07) is 4.14. The first-order chi connectivity index (χ1) is 9.85. The Bertz CT molecular complexity index is 612. The lowest BCUT2D eigenvalue weighted by Crippen LogP contribution is -2.46. The van der Waals surface area contributed by atoms with Gasteiger partial charge < -0.3 is 10.1 Å². The van der Waals surface area contributed by atoms with Crippen LogP contribution < -0.4 is 10.1 Å². The van der Waals surface area contributed by atoms with Crippen LogP contribution in [0.5, 0.6) is 5.75 Å². The van der Waals surface area contributed by atoms with Crippen molar-refractivity contribution in [3.63, 3.8) is 0 Å². The van der Waals surface area contributed by atoms with E-state index in [2.05, 4.69) is 15.3 Å². The number of hydrogen-bond donors (Lipinski definition) is 1. The maximum Gasteiger partial charge on any atom is 0.151 e. The van der Waals surface area contributed by atoms with Crippen LogP contribution in [0.4, 0.5) is 0 Å². The van der Waals surface area contributed by atoms with Gasteiger partial charge in [0.15, 0.2) is 6.29 Å². The highest BCUT2D eigenvalue weighted by Crippen LogP contribution is 2.22. The molecule has 5 nitrogen and oxygen atoms in total. The van der Waals surface area contributed by atoms with Crippen molar-refractivity contribution in [1.82, 2.24) is 15.3 Å². The number of hydrogen-bond acceptors (Lipinski definition) is 5. The molecule has 3 rings (SSSR count). The fourth-order valence-corrected chi connectivity index (χ4v) is 2.02. The van der Waals surface area contributed by atoms with Crippen LogP contribution in [0.1, 0.15) is 16.8 Å². The zero-order valence-electron chi connectivity index (χ0n) is 11.0. The van der Waals surface area contributed by atoms with Gasteiger partial charge in [-0.15, -0.1) is 0 Å². The molecule has 5 heteroatoms. The third-order valence-corrected chi connectivity index (χ3v) is 3.32. The second kappa shape index (κ2) is 5.79. The summed E-state index contributed by atoms with van der Waals surface area (Å²) < 4.78 is 5.71. The van der Waals surface area contributed by atoms with E-state index in [1.54, 1.807) is 24.7 Å². The summed E-state index contributed by atoms with van der Waals surface area (Å²) in [5, 5.41) is 3.28. The summed E-state index contributed by atoms with van der Waals surface area (Å²) in [6.45, 7) is 1.72. The predicted molar refractivity (Wildman–Crippen MR) is 74.8 cm³/mol. The molecule has 0 bridgehead atoms. The van der Waals surface area contributed by atoms with E-state index in [0.29, 0.717) is 18.2 Å². The average Bonchev–Trinajstić information content (AvgIpc) is 2.46. The van der Waals surface area contributed by atoms with Gasteiger partial charge in [0.25, 0.3) is 0 Å². The topological polar surface area (TPSA) is 64.1 Å². The van der Waals surface area contributed by atoms with Crippen LogP contribution in [0.25, 0.3) is 11.1 Å². The zero-order chi connectivity index (χ0) is 13.8. The van der Waals surface area contributed by atoms with Gasteiger partial charge in [-0.2, -0.15) is 0 Å². The van der Waals surface area contributed by atoms with E-state index in [4.69, 9.17) is 4.74 Å². The molecule has 1 N–H and O–H groups in total. The molecule has 102 valence electrons. The van der Waals surface area contributed by atoms with E-state index in [-0.39, 0.29) is 0 Å². The lowest BCUT2D eigenvalue weighted by atomic mass is 10.1. The van der Waals surface area contributed by atoms with Crippen molar-refractivity contribution >= 4 is 6.29 Å². The van der Waals surface area contributed by atoms with Crippen LogP contribution in [-0.2, 0) is 0 Å². The largest absolute Gasteiger partial charge is 0.490 e. The molecule has 2 aromatic rings. The molecule has 3 heterocycles. The Morgan fingerprint density at radius 3 is 2.65 bits per heavy atom.